The van der Waals surface area contributed by atoms with Crippen LogP contribution in [0.1, 0.15) is 26.7 Å². The number of allylic oxidation sites excluding steroid dienone is 2. The molecule has 0 spiro atoms. The summed E-state index contributed by atoms with van der Waals surface area (Å²) in [4.78, 5) is 0. The van der Waals surface area contributed by atoms with Gasteiger partial charge in [-0.2, -0.15) is 0 Å². The molecule has 2 unspecified atom stereocenters. The Morgan fingerprint density at radius 2 is 2.00 bits per heavy atom. The summed E-state index contributed by atoms with van der Waals surface area (Å²) >= 11 is 0. The van der Waals surface area contributed by atoms with E-state index in [2.05, 4.69) is 27.0 Å². The molecule has 0 bridgehead atoms. The molecule has 0 N–H and O–H groups in total. The second-order valence-electron chi connectivity index (χ2n) is 2.79. The van der Waals surface area contributed by atoms with Crippen LogP contribution < -0.4 is 0 Å². The fourth-order valence-corrected chi connectivity index (χ4v) is 1.16. The van der Waals surface area contributed by atoms with Gasteiger partial charge in [-0.05, 0) is 18.3 Å². The zero-order chi connectivity index (χ0) is 7.98. The van der Waals surface area contributed by atoms with E-state index in [9.17, 15) is 0 Å². The molecule has 58 valence electrons. The lowest BCUT2D eigenvalue weighted by Crippen LogP contribution is -2.06. The van der Waals surface area contributed by atoms with Crippen LogP contribution >= 0.6 is 0 Å². The Bertz CT molecular complexity index is 103. The molecule has 0 rings (SSSR count). The molecule has 0 aliphatic carbocycles. The summed E-state index contributed by atoms with van der Waals surface area (Å²) in [6, 6.07) is 0. The topological polar surface area (TPSA) is 0 Å². The van der Waals surface area contributed by atoms with Crippen LogP contribution in [-0.2, 0) is 0 Å². The maximum absolute atomic E-state index is 3.78. The monoisotopic (exact) mass is 138 g/mol. The number of hydrogen-bond donors (Lipinski definition) is 0. The Hall–Kier alpha value is -0.520. The van der Waals surface area contributed by atoms with Gasteiger partial charge < -0.3 is 0 Å². The van der Waals surface area contributed by atoms with Crippen molar-refractivity contribution in [3.8, 4) is 0 Å². The Labute approximate surface area is 64.6 Å². The molecule has 0 saturated carbocycles. The van der Waals surface area contributed by atoms with Gasteiger partial charge in [0.1, 0.15) is 0 Å². The van der Waals surface area contributed by atoms with E-state index in [0.29, 0.717) is 5.92 Å². The van der Waals surface area contributed by atoms with Crippen LogP contribution in [-0.4, -0.2) is 0 Å². The Morgan fingerprint density at radius 1 is 1.40 bits per heavy atom. The van der Waals surface area contributed by atoms with Crippen molar-refractivity contribution in [1.82, 2.24) is 0 Å². The molecule has 0 heteroatoms. The molecule has 0 aliphatic heterocycles. The van der Waals surface area contributed by atoms with E-state index >= 15 is 0 Å². The molecule has 0 saturated heterocycles. The third kappa shape index (κ3) is 2.86. The van der Waals surface area contributed by atoms with Crippen molar-refractivity contribution in [3.63, 3.8) is 0 Å². The van der Waals surface area contributed by atoms with E-state index < -0.39 is 0 Å². The van der Waals surface area contributed by atoms with Crippen molar-refractivity contribution in [2.45, 2.75) is 26.7 Å². The van der Waals surface area contributed by atoms with Crippen molar-refractivity contribution in [2.24, 2.45) is 11.8 Å². The predicted molar refractivity (Wildman–Crippen MR) is 48.0 cm³/mol. The zero-order valence-electron chi connectivity index (χ0n) is 7.14. The van der Waals surface area contributed by atoms with Crippen LogP contribution in [0.25, 0.3) is 0 Å². The first kappa shape index (κ1) is 9.48. The van der Waals surface area contributed by atoms with E-state index in [1.54, 1.807) is 0 Å². The summed E-state index contributed by atoms with van der Waals surface area (Å²) in [6.45, 7) is 11.9. The highest BCUT2D eigenvalue weighted by Gasteiger charge is 2.09. The van der Waals surface area contributed by atoms with E-state index in [1.807, 2.05) is 12.2 Å². The first-order chi connectivity index (χ1) is 4.76. The minimum atomic E-state index is 0.628. The second-order valence-corrected chi connectivity index (χ2v) is 2.79. The molecule has 0 aromatic carbocycles. The van der Waals surface area contributed by atoms with Gasteiger partial charge >= 0.3 is 0 Å². The Morgan fingerprint density at radius 3 is 2.30 bits per heavy atom. The summed E-state index contributed by atoms with van der Waals surface area (Å²) in [5, 5.41) is 0. The molecule has 0 nitrogen and oxygen atoms in total. The van der Waals surface area contributed by atoms with Crippen molar-refractivity contribution in [1.29, 1.82) is 0 Å². The lowest BCUT2D eigenvalue weighted by Gasteiger charge is -2.16. The van der Waals surface area contributed by atoms with Crippen LogP contribution in [0.15, 0.2) is 25.3 Å². The first-order valence-corrected chi connectivity index (χ1v) is 3.99. The van der Waals surface area contributed by atoms with Gasteiger partial charge in [0, 0.05) is 0 Å². The SMILES string of the molecule is C=CCC(CC)C(C)C=C. The van der Waals surface area contributed by atoms with Gasteiger partial charge in [-0.3, -0.25) is 0 Å². The summed E-state index contributed by atoms with van der Waals surface area (Å²) in [5.74, 6) is 1.37. The van der Waals surface area contributed by atoms with Crippen molar-refractivity contribution in [2.75, 3.05) is 0 Å². The minimum absolute atomic E-state index is 0.628. The van der Waals surface area contributed by atoms with Gasteiger partial charge in [-0.1, -0.05) is 32.4 Å². The number of hydrogen-bond acceptors (Lipinski definition) is 0. The fourth-order valence-electron chi connectivity index (χ4n) is 1.16. The van der Waals surface area contributed by atoms with Crippen LogP contribution in [0.2, 0.25) is 0 Å². The average Bonchev–Trinajstić information content (AvgIpc) is 1.99. The molecule has 0 amide bonds. The van der Waals surface area contributed by atoms with E-state index in [1.165, 1.54) is 6.42 Å². The first-order valence-electron chi connectivity index (χ1n) is 3.99. The van der Waals surface area contributed by atoms with E-state index in [0.717, 1.165) is 12.3 Å². The predicted octanol–water partition coefficient (Wildman–Crippen LogP) is 3.41. The van der Waals surface area contributed by atoms with Crippen molar-refractivity contribution < 1.29 is 0 Å². The van der Waals surface area contributed by atoms with Gasteiger partial charge in [-0.25, -0.2) is 0 Å². The molecule has 2 atom stereocenters. The number of rotatable bonds is 5. The minimum Gasteiger partial charge on any atom is -0.103 e. The van der Waals surface area contributed by atoms with E-state index in [4.69, 9.17) is 0 Å². The highest BCUT2D eigenvalue weighted by molar-refractivity contribution is 4.84. The van der Waals surface area contributed by atoms with Crippen LogP contribution in [0, 0.1) is 11.8 Å². The molecule has 0 aromatic rings. The molecule has 0 fully saturated rings. The van der Waals surface area contributed by atoms with Gasteiger partial charge in [0.15, 0.2) is 0 Å². The zero-order valence-corrected chi connectivity index (χ0v) is 7.14. The largest absolute Gasteiger partial charge is 0.103 e. The average molecular weight is 138 g/mol. The maximum atomic E-state index is 3.78. The molecule has 10 heavy (non-hydrogen) atoms. The molecule has 0 heterocycles. The highest BCUT2D eigenvalue weighted by Crippen LogP contribution is 2.19. The van der Waals surface area contributed by atoms with Gasteiger partial charge in [0.25, 0.3) is 0 Å². The molecule has 0 aromatic heterocycles. The summed E-state index contributed by atoms with van der Waals surface area (Å²) < 4.78 is 0. The van der Waals surface area contributed by atoms with Gasteiger partial charge in [-0.15, -0.1) is 13.2 Å². The smallest absolute Gasteiger partial charge is 0.0233 e. The summed E-state index contributed by atoms with van der Waals surface area (Å²) in [6.07, 6.45) is 6.36. The summed E-state index contributed by atoms with van der Waals surface area (Å²) in [5.41, 5.74) is 0. The fraction of sp³-hybridized carbons (Fsp3) is 0.600. The van der Waals surface area contributed by atoms with Crippen molar-refractivity contribution >= 4 is 0 Å². The highest BCUT2D eigenvalue weighted by atomic mass is 14.1. The Balaban J connectivity index is 3.78. The van der Waals surface area contributed by atoms with Gasteiger partial charge in [0.05, 0.1) is 0 Å². The third-order valence-corrected chi connectivity index (χ3v) is 2.11. The molecular formula is C10H18. The quantitative estimate of drug-likeness (QED) is 0.511. The van der Waals surface area contributed by atoms with Crippen LogP contribution in [0.5, 0.6) is 0 Å². The summed E-state index contributed by atoms with van der Waals surface area (Å²) in [7, 11) is 0. The lowest BCUT2D eigenvalue weighted by molar-refractivity contribution is 0.412. The van der Waals surface area contributed by atoms with Gasteiger partial charge in [0.2, 0.25) is 0 Å². The molecule has 0 radical (unpaired) electrons. The standard InChI is InChI=1S/C10H18/c1-5-8-10(7-3)9(4)6-2/h5-6,9-10H,1-2,7-8H2,3-4H3. The maximum Gasteiger partial charge on any atom is -0.0233 e. The molecule has 0 aliphatic rings. The normalized spacial score (nSPS) is 15.8. The van der Waals surface area contributed by atoms with Crippen molar-refractivity contribution in [3.05, 3.63) is 25.3 Å². The molecular weight excluding hydrogens is 120 g/mol. The van der Waals surface area contributed by atoms with E-state index in [-0.39, 0.29) is 0 Å². The van der Waals surface area contributed by atoms with Crippen LogP contribution in [0.4, 0.5) is 0 Å². The lowest BCUT2D eigenvalue weighted by atomic mass is 9.89. The third-order valence-electron chi connectivity index (χ3n) is 2.11. The Kier molecular flexibility index (Phi) is 5.00. The second kappa shape index (κ2) is 5.28. The van der Waals surface area contributed by atoms with Crippen LogP contribution in [0.3, 0.4) is 0 Å².